The second-order valence-electron chi connectivity index (χ2n) is 7.24. The number of hydrogen-bond acceptors (Lipinski definition) is 5. The van der Waals surface area contributed by atoms with Crippen LogP contribution in [0.3, 0.4) is 0 Å². The van der Waals surface area contributed by atoms with E-state index in [2.05, 4.69) is 15.2 Å². The number of nitrogens with zero attached hydrogens (tertiary/aromatic N) is 2. The molecule has 1 saturated heterocycles. The van der Waals surface area contributed by atoms with Gasteiger partial charge in [-0.05, 0) is 43.3 Å². The number of rotatable bonds is 5. The molecule has 1 aromatic heterocycles. The van der Waals surface area contributed by atoms with Crippen molar-refractivity contribution >= 4 is 63.0 Å². The number of hydrogen-bond donors (Lipinski definition) is 2. The molecule has 166 valence electrons. The minimum absolute atomic E-state index is 0.196. The number of carbonyl (C=O) groups excluding carboxylic acids is 1. The van der Waals surface area contributed by atoms with Gasteiger partial charge in [-0.15, -0.1) is 0 Å². The SMILES string of the molecule is COc1cc2ncc(Cl)c(Oc3ccc(NC(=S)N4CCCC4)c(Cl)c3)c2cc1C(N)=O. The maximum Gasteiger partial charge on any atom is 0.252 e. The van der Waals surface area contributed by atoms with Crippen molar-refractivity contribution < 1.29 is 14.3 Å². The highest BCUT2D eigenvalue weighted by Gasteiger charge is 2.18. The molecule has 0 saturated carbocycles. The smallest absolute Gasteiger partial charge is 0.252 e. The number of pyridine rings is 1. The molecule has 0 aliphatic carbocycles. The van der Waals surface area contributed by atoms with E-state index in [-0.39, 0.29) is 10.6 Å². The fraction of sp³-hybridized carbons (Fsp3) is 0.227. The molecule has 0 atom stereocenters. The van der Waals surface area contributed by atoms with Gasteiger partial charge in [0.25, 0.3) is 5.91 Å². The van der Waals surface area contributed by atoms with Crippen LogP contribution in [-0.4, -0.2) is 41.1 Å². The molecule has 10 heteroatoms. The summed E-state index contributed by atoms with van der Waals surface area (Å²) >= 11 is 18.3. The summed E-state index contributed by atoms with van der Waals surface area (Å²) in [6, 6.07) is 8.36. The predicted molar refractivity (Wildman–Crippen MR) is 130 cm³/mol. The van der Waals surface area contributed by atoms with Gasteiger partial charge in [-0.2, -0.15) is 0 Å². The minimum Gasteiger partial charge on any atom is -0.496 e. The zero-order valence-electron chi connectivity index (χ0n) is 17.2. The van der Waals surface area contributed by atoms with Crippen LogP contribution in [0.25, 0.3) is 10.9 Å². The summed E-state index contributed by atoms with van der Waals surface area (Å²) in [5.74, 6) is 0.463. The summed E-state index contributed by atoms with van der Waals surface area (Å²) in [7, 11) is 1.45. The highest BCUT2D eigenvalue weighted by atomic mass is 35.5. The van der Waals surface area contributed by atoms with Crippen molar-refractivity contribution in [3.05, 3.63) is 52.1 Å². The zero-order valence-corrected chi connectivity index (χ0v) is 19.5. The van der Waals surface area contributed by atoms with Gasteiger partial charge in [0.2, 0.25) is 0 Å². The van der Waals surface area contributed by atoms with Crippen molar-refractivity contribution in [3.63, 3.8) is 0 Å². The Hall–Kier alpha value is -2.81. The van der Waals surface area contributed by atoms with Gasteiger partial charge in [0.1, 0.15) is 16.5 Å². The number of halogens is 2. The van der Waals surface area contributed by atoms with Crippen LogP contribution >= 0.6 is 35.4 Å². The van der Waals surface area contributed by atoms with Crippen molar-refractivity contribution in [1.82, 2.24) is 9.88 Å². The number of anilines is 1. The van der Waals surface area contributed by atoms with Gasteiger partial charge in [0, 0.05) is 36.8 Å². The topological polar surface area (TPSA) is 89.7 Å². The van der Waals surface area contributed by atoms with Crippen LogP contribution in [-0.2, 0) is 0 Å². The third-order valence-electron chi connectivity index (χ3n) is 5.16. The standard InChI is InChI=1S/C22H20Cl2N4O3S/c1-30-19-10-18-13(9-14(19)21(25)29)20(16(24)11-26-18)31-12-4-5-17(15(23)8-12)27-22(32)28-6-2-3-7-28/h4-5,8-11H,2-3,6-7H2,1H3,(H2,25,29)(H,27,32). The molecule has 4 rings (SSSR count). The molecule has 1 amide bonds. The second kappa shape index (κ2) is 9.36. The number of likely N-dealkylation sites (tertiary alicyclic amines) is 1. The van der Waals surface area contributed by atoms with E-state index in [9.17, 15) is 4.79 Å². The molecule has 32 heavy (non-hydrogen) atoms. The first-order valence-corrected chi connectivity index (χ1v) is 11.0. The highest BCUT2D eigenvalue weighted by molar-refractivity contribution is 7.80. The summed E-state index contributed by atoms with van der Waals surface area (Å²) in [4.78, 5) is 18.3. The van der Waals surface area contributed by atoms with E-state index in [0.29, 0.717) is 44.0 Å². The fourth-order valence-corrected chi connectivity index (χ4v) is 4.23. The number of aromatic nitrogens is 1. The van der Waals surface area contributed by atoms with E-state index in [0.717, 1.165) is 25.9 Å². The van der Waals surface area contributed by atoms with Crippen LogP contribution in [0.1, 0.15) is 23.2 Å². The number of amides is 1. The highest BCUT2D eigenvalue weighted by Crippen LogP contribution is 2.39. The first-order valence-electron chi connectivity index (χ1n) is 9.86. The lowest BCUT2D eigenvalue weighted by Gasteiger charge is -2.20. The minimum atomic E-state index is -0.637. The largest absolute Gasteiger partial charge is 0.496 e. The van der Waals surface area contributed by atoms with Crippen LogP contribution in [0.2, 0.25) is 10.0 Å². The molecule has 0 bridgehead atoms. The Bertz CT molecular complexity index is 1220. The van der Waals surface area contributed by atoms with E-state index in [1.807, 2.05) is 0 Å². The predicted octanol–water partition coefficient (Wildman–Crippen LogP) is 5.23. The number of thiocarbonyl (C=S) groups is 1. The number of nitrogens with one attached hydrogen (secondary N) is 1. The normalized spacial score (nSPS) is 13.3. The Morgan fingerprint density at radius 1 is 1.19 bits per heavy atom. The van der Waals surface area contributed by atoms with Crippen LogP contribution in [0.4, 0.5) is 5.69 Å². The average Bonchev–Trinajstić information content (AvgIpc) is 3.31. The van der Waals surface area contributed by atoms with Crippen molar-refractivity contribution in [1.29, 1.82) is 0 Å². The number of carbonyl (C=O) groups is 1. The molecule has 0 spiro atoms. The summed E-state index contributed by atoms with van der Waals surface area (Å²) in [5.41, 5.74) is 6.90. The first-order chi connectivity index (χ1) is 15.4. The molecule has 2 aromatic carbocycles. The Morgan fingerprint density at radius 2 is 1.94 bits per heavy atom. The third-order valence-corrected chi connectivity index (χ3v) is 6.10. The molecule has 0 unspecified atom stereocenters. The Morgan fingerprint density at radius 3 is 2.59 bits per heavy atom. The van der Waals surface area contributed by atoms with E-state index < -0.39 is 5.91 Å². The number of nitrogens with two attached hydrogens (primary N) is 1. The van der Waals surface area contributed by atoms with Crippen molar-refractivity contribution in [2.75, 3.05) is 25.5 Å². The molecular formula is C22H20Cl2N4O3S. The van der Waals surface area contributed by atoms with Gasteiger partial charge in [0.15, 0.2) is 10.9 Å². The summed E-state index contributed by atoms with van der Waals surface area (Å²) in [6.45, 7) is 1.88. The third kappa shape index (κ3) is 4.53. The summed E-state index contributed by atoms with van der Waals surface area (Å²) < 4.78 is 11.3. The quantitative estimate of drug-likeness (QED) is 0.472. The van der Waals surface area contributed by atoms with Crippen LogP contribution in [0.5, 0.6) is 17.2 Å². The van der Waals surface area contributed by atoms with Gasteiger partial charge >= 0.3 is 0 Å². The lowest BCUT2D eigenvalue weighted by molar-refractivity contribution is 0.0997. The van der Waals surface area contributed by atoms with E-state index in [1.165, 1.54) is 13.3 Å². The fourth-order valence-electron chi connectivity index (χ4n) is 3.53. The molecular weight excluding hydrogens is 471 g/mol. The maximum absolute atomic E-state index is 11.9. The monoisotopic (exact) mass is 490 g/mol. The van der Waals surface area contributed by atoms with Gasteiger partial charge in [-0.25, -0.2) is 0 Å². The number of ether oxygens (including phenoxy) is 2. The Labute approximate surface area is 200 Å². The van der Waals surface area contributed by atoms with Crippen molar-refractivity contribution in [2.45, 2.75) is 12.8 Å². The average molecular weight is 491 g/mol. The van der Waals surface area contributed by atoms with Gasteiger partial charge < -0.3 is 25.4 Å². The Balaban J connectivity index is 1.64. The molecule has 3 aromatic rings. The number of benzene rings is 2. The lowest BCUT2D eigenvalue weighted by Crippen LogP contribution is -2.31. The van der Waals surface area contributed by atoms with Crippen LogP contribution in [0, 0.1) is 0 Å². The number of methoxy groups -OCH3 is 1. The van der Waals surface area contributed by atoms with E-state index in [4.69, 9.17) is 50.6 Å². The van der Waals surface area contributed by atoms with Gasteiger partial charge in [-0.3, -0.25) is 9.78 Å². The Kier molecular flexibility index (Phi) is 6.55. The number of fused-ring (bicyclic) bond motifs is 1. The summed E-state index contributed by atoms with van der Waals surface area (Å²) in [5, 5.41) is 5.06. The first kappa shape index (κ1) is 22.4. The second-order valence-corrected chi connectivity index (χ2v) is 8.44. The van der Waals surface area contributed by atoms with Crippen LogP contribution in [0.15, 0.2) is 36.5 Å². The van der Waals surface area contributed by atoms with Gasteiger partial charge in [-0.1, -0.05) is 23.2 Å². The molecule has 0 radical (unpaired) electrons. The molecule has 7 nitrogen and oxygen atoms in total. The van der Waals surface area contributed by atoms with Crippen LogP contribution < -0.4 is 20.5 Å². The molecule has 2 heterocycles. The number of primary amides is 1. The maximum atomic E-state index is 11.9. The lowest BCUT2D eigenvalue weighted by atomic mass is 10.1. The molecule has 1 fully saturated rings. The van der Waals surface area contributed by atoms with Crippen molar-refractivity contribution in [3.8, 4) is 17.2 Å². The summed E-state index contributed by atoms with van der Waals surface area (Å²) in [6.07, 6.45) is 3.73. The molecule has 3 N–H and O–H groups in total. The molecule has 1 aliphatic heterocycles. The van der Waals surface area contributed by atoms with E-state index in [1.54, 1.807) is 30.3 Å². The molecule has 1 aliphatic rings. The van der Waals surface area contributed by atoms with E-state index >= 15 is 0 Å². The van der Waals surface area contributed by atoms with Crippen molar-refractivity contribution in [2.24, 2.45) is 5.73 Å². The zero-order chi connectivity index (χ0) is 22.8. The van der Waals surface area contributed by atoms with Gasteiger partial charge in [0.05, 0.1) is 28.9 Å².